The lowest BCUT2D eigenvalue weighted by Gasteiger charge is -2.42. The quantitative estimate of drug-likeness (QED) is 0.462. The molecule has 1 rings (SSSR count). The van der Waals surface area contributed by atoms with Gasteiger partial charge < -0.3 is 4.48 Å². The third kappa shape index (κ3) is 3.40. The summed E-state index contributed by atoms with van der Waals surface area (Å²) in [5, 5.41) is 1.69. The number of nitrogens with zero attached hydrogens (tertiary/aromatic N) is 2. The van der Waals surface area contributed by atoms with Crippen molar-refractivity contribution >= 4 is 10.4 Å². The lowest BCUT2D eigenvalue weighted by atomic mass is 10.2. The number of rotatable bonds is 4. The molecule has 18 heavy (non-hydrogen) atoms. The van der Waals surface area contributed by atoms with Crippen molar-refractivity contribution < 1.29 is 26.5 Å². The van der Waals surface area contributed by atoms with Crippen LogP contribution in [-0.4, -0.2) is 61.2 Å². The van der Waals surface area contributed by atoms with Crippen molar-refractivity contribution in [1.82, 2.24) is 5.06 Å². The Morgan fingerprint density at radius 1 is 1.33 bits per heavy atom. The Hall–Kier alpha value is -0.250. The summed E-state index contributed by atoms with van der Waals surface area (Å²) in [5.41, 5.74) is -0.320. The zero-order valence-corrected chi connectivity index (χ0v) is 12.6. The molecule has 0 saturated carbocycles. The molecule has 1 heterocycles. The summed E-state index contributed by atoms with van der Waals surface area (Å²) in [5.74, 6) is -1.45. The molecule has 0 aromatic rings. The second-order valence-corrected chi connectivity index (χ2v) is 7.03. The summed E-state index contributed by atoms with van der Waals surface area (Å²) in [6, 6.07) is 0. The lowest BCUT2D eigenvalue weighted by Crippen LogP contribution is -2.58. The number of hydrogen-bond acceptors (Lipinski definition) is 5. The zero-order chi connectivity index (χ0) is 14.4. The smallest absolute Gasteiger partial charge is 0.309 e. The Labute approximate surface area is 109 Å². The van der Waals surface area contributed by atoms with Gasteiger partial charge in [0.2, 0.25) is 5.79 Å². The first-order valence-corrected chi connectivity index (χ1v) is 7.11. The highest BCUT2D eigenvalue weighted by atomic mass is 32.3. The van der Waals surface area contributed by atoms with Crippen LogP contribution in [0.15, 0.2) is 0 Å². The topological polar surface area (TPSA) is 76.1 Å². The van der Waals surface area contributed by atoms with Crippen LogP contribution in [0.1, 0.15) is 27.7 Å². The summed E-state index contributed by atoms with van der Waals surface area (Å²) in [7, 11) is -0.407. The Morgan fingerprint density at radius 2 is 1.83 bits per heavy atom. The molecule has 1 aliphatic rings. The number of hydroxylamine groups is 2. The highest BCUT2D eigenvalue weighted by Gasteiger charge is 2.51. The molecule has 1 saturated heterocycles. The van der Waals surface area contributed by atoms with E-state index in [9.17, 15) is 8.42 Å². The fourth-order valence-electron chi connectivity index (χ4n) is 1.88. The maximum atomic E-state index is 10.7. The van der Waals surface area contributed by atoms with Gasteiger partial charge >= 0.3 is 10.4 Å². The maximum Gasteiger partial charge on any atom is 0.400 e. The van der Waals surface area contributed by atoms with Crippen LogP contribution in [0, 0.1) is 0 Å². The molecule has 1 aliphatic heterocycles. The van der Waals surface area contributed by atoms with Crippen LogP contribution < -0.4 is 0 Å². The molecule has 1 N–H and O–H groups in total. The van der Waals surface area contributed by atoms with E-state index < -0.39 is 16.2 Å². The molecule has 0 bridgehead atoms. The Morgan fingerprint density at radius 3 is 2.17 bits per heavy atom. The van der Waals surface area contributed by atoms with E-state index in [1.165, 1.54) is 13.8 Å². The molecule has 0 aliphatic carbocycles. The summed E-state index contributed by atoms with van der Waals surface area (Å²) in [6.45, 7) is 8.41. The lowest BCUT2D eigenvalue weighted by molar-refractivity contribution is -0.936. The fourth-order valence-corrected chi connectivity index (χ4v) is 2.42. The van der Waals surface area contributed by atoms with Crippen LogP contribution in [0.3, 0.4) is 0 Å². The van der Waals surface area contributed by atoms with E-state index in [-0.39, 0.29) is 5.66 Å². The van der Waals surface area contributed by atoms with Crippen molar-refractivity contribution in [2.45, 2.75) is 39.1 Å². The van der Waals surface area contributed by atoms with Gasteiger partial charge in [-0.15, -0.1) is 5.06 Å². The Bertz CT molecular complexity index is 416. The van der Waals surface area contributed by atoms with E-state index >= 15 is 0 Å². The van der Waals surface area contributed by atoms with Gasteiger partial charge in [0.05, 0.1) is 27.2 Å². The minimum Gasteiger partial charge on any atom is -0.309 e. The van der Waals surface area contributed by atoms with Crippen LogP contribution in [0.25, 0.3) is 0 Å². The molecule has 0 spiro atoms. The van der Waals surface area contributed by atoms with E-state index in [0.717, 1.165) is 11.0 Å². The van der Waals surface area contributed by atoms with Crippen molar-refractivity contribution in [2.24, 2.45) is 0 Å². The summed E-state index contributed by atoms with van der Waals surface area (Å²) < 4.78 is 35.4. The standard InChI is InChI=1S/C10H22N2O5S/c1-9(2)11(7-8-12(9,5)6)16-10(3,4)17-18(13,14)15/h7-8H2,1-6H3/p+1. The van der Waals surface area contributed by atoms with Crippen molar-refractivity contribution in [3.63, 3.8) is 0 Å². The minimum atomic E-state index is -4.55. The van der Waals surface area contributed by atoms with Crippen LogP contribution in [0.4, 0.5) is 0 Å². The highest BCUT2D eigenvalue weighted by Crippen LogP contribution is 2.33. The molecule has 0 aromatic heterocycles. The monoisotopic (exact) mass is 283 g/mol. The largest absolute Gasteiger partial charge is 0.400 e. The number of hydrogen-bond donors (Lipinski definition) is 1. The predicted octanol–water partition coefficient (Wildman–Crippen LogP) is 0.602. The first kappa shape index (κ1) is 15.8. The molecule has 0 atom stereocenters. The van der Waals surface area contributed by atoms with Crippen molar-refractivity contribution in [2.75, 3.05) is 27.2 Å². The average Bonchev–Trinajstić information content (AvgIpc) is 2.23. The fraction of sp³-hybridized carbons (Fsp3) is 1.00. The summed E-state index contributed by atoms with van der Waals surface area (Å²) >= 11 is 0. The maximum absolute atomic E-state index is 10.7. The van der Waals surface area contributed by atoms with Crippen LogP contribution in [0.2, 0.25) is 0 Å². The third-order valence-electron chi connectivity index (χ3n) is 3.59. The molecule has 1 fully saturated rings. The molecule has 0 radical (unpaired) electrons. The number of likely N-dealkylation sites (N-methyl/N-ethyl adjacent to an activating group) is 1. The van der Waals surface area contributed by atoms with Gasteiger partial charge in [-0.2, -0.15) is 8.42 Å². The van der Waals surface area contributed by atoms with Crippen molar-refractivity contribution in [3.8, 4) is 0 Å². The van der Waals surface area contributed by atoms with Crippen LogP contribution in [0.5, 0.6) is 0 Å². The van der Waals surface area contributed by atoms with E-state index in [1.54, 1.807) is 5.06 Å². The molecule has 0 unspecified atom stereocenters. The SMILES string of the molecule is CC(C)(ON1CC[N+](C)(C)C1(C)C)OS(=O)(=O)O. The molecular weight excluding hydrogens is 260 g/mol. The first-order valence-electron chi connectivity index (χ1n) is 5.75. The summed E-state index contributed by atoms with van der Waals surface area (Å²) in [4.78, 5) is 5.58. The third-order valence-corrected chi connectivity index (χ3v) is 4.20. The zero-order valence-electron chi connectivity index (χ0n) is 11.8. The van der Waals surface area contributed by atoms with Gasteiger partial charge in [0.25, 0.3) is 0 Å². The predicted molar refractivity (Wildman–Crippen MR) is 65.6 cm³/mol. The van der Waals surface area contributed by atoms with Crippen molar-refractivity contribution in [3.05, 3.63) is 0 Å². The van der Waals surface area contributed by atoms with Gasteiger partial charge in [0, 0.05) is 13.8 Å². The molecule has 0 aromatic carbocycles. The van der Waals surface area contributed by atoms with Gasteiger partial charge in [-0.25, -0.2) is 4.18 Å². The van der Waals surface area contributed by atoms with Gasteiger partial charge in [0.1, 0.15) is 0 Å². The summed E-state index contributed by atoms with van der Waals surface area (Å²) in [6.07, 6.45) is 0. The molecular formula is C10H23N2O5S+. The van der Waals surface area contributed by atoms with E-state index in [1.807, 2.05) is 13.8 Å². The van der Waals surface area contributed by atoms with Crippen LogP contribution in [-0.2, 0) is 19.4 Å². The second kappa shape index (κ2) is 4.39. The van der Waals surface area contributed by atoms with E-state index in [2.05, 4.69) is 18.3 Å². The van der Waals surface area contributed by atoms with Gasteiger partial charge in [0.15, 0.2) is 5.66 Å². The molecule has 108 valence electrons. The van der Waals surface area contributed by atoms with Gasteiger partial charge in [-0.3, -0.25) is 9.39 Å². The van der Waals surface area contributed by atoms with Gasteiger partial charge in [-0.05, 0) is 13.8 Å². The molecule has 0 amide bonds. The Kier molecular flexibility index (Phi) is 3.86. The first-order chi connectivity index (χ1) is 7.77. The van der Waals surface area contributed by atoms with Gasteiger partial charge in [-0.1, -0.05) is 0 Å². The number of quaternary nitrogens is 1. The molecule has 7 nitrogen and oxygen atoms in total. The second-order valence-electron chi connectivity index (χ2n) is 6.01. The average molecular weight is 283 g/mol. The Balaban J connectivity index is 2.81. The minimum absolute atomic E-state index is 0.320. The highest BCUT2D eigenvalue weighted by molar-refractivity contribution is 7.80. The van der Waals surface area contributed by atoms with E-state index in [0.29, 0.717) is 6.54 Å². The molecule has 8 heteroatoms. The van der Waals surface area contributed by atoms with Crippen LogP contribution >= 0.6 is 0 Å². The normalized spacial score (nSPS) is 24.4. The van der Waals surface area contributed by atoms with E-state index in [4.69, 9.17) is 9.39 Å². The van der Waals surface area contributed by atoms with Crippen molar-refractivity contribution in [1.29, 1.82) is 0 Å².